The molecule has 0 atom stereocenters. The third-order valence-corrected chi connectivity index (χ3v) is 5.33. The van der Waals surface area contributed by atoms with Gasteiger partial charge < -0.3 is 10.6 Å². The Bertz CT molecular complexity index is 436. The maximum absolute atomic E-state index is 5.77. The van der Waals surface area contributed by atoms with Crippen LogP contribution in [0.5, 0.6) is 0 Å². The number of nitrogens with zero attached hydrogens (tertiary/aromatic N) is 3. The highest BCUT2D eigenvalue weighted by Gasteiger charge is 2.33. The number of anilines is 1. The molecule has 1 aromatic rings. The van der Waals surface area contributed by atoms with Crippen LogP contribution < -0.4 is 10.6 Å². The summed E-state index contributed by atoms with van der Waals surface area (Å²) in [7, 11) is 2.06. The summed E-state index contributed by atoms with van der Waals surface area (Å²) >= 11 is 0. The van der Waals surface area contributed by atoms with E-state index >= 15 is 0 Å². The van der Waals surface area contributed by atoms with Gasteiger partial charge in [-0.3, -0.25) is 4.68 Å². The largest absolute Gasteiger partial charge is 0.357 e. The van der Waals surface area contributed by atoms with Crippen LogP contribution in [0.3, 0.4) is 0 Å². The van der Waals surface area contributed by atoms with Crippen molar-refractivity contribution in [3.63, 3.8) is 0 Å². The summed E-state index contributed by atoms with van der Waals surface area (Å²) < 4.78 is 2.05. The first kappa shape index (κ1) is 15.4. The van der Waals surface area contributed by atoms with Gasteiger partial charge in [0.1, 0.15) is 5.82 Å². The Kier molecular flexibility index (Phi) is 4.74. The van der Waals surface area contributed by atoms with Crippen molar-refractivity contribution in [2.24, 2.45) is 18.2 Å². The van der Waals surface area contributed by atoms with Gasteiger partial charge >= 0.3 is 0 Å². The smallest absolute Gasteiger partial charge is 0.130 e. The molecule has 1 aromatic heterocycles. The number of hydrogen-bond donors (Lipinski definition) is 1. The first-order chi connectivity index (χ1) is 9.56. The van der Waals surface area contributed by atoms with Crippen LogP contribution >= 0.6 is 0 Å². The molecule has 4 heteroatoms. The van der Waals surface area contributed by atoms with Gasteiger partial charge in [-0.05, 0) is 38.1 Å². The molecule has 0 aromatic carbocycles. The van der Waals surface area contributed by atoms with E-state index in [4.69, 9.17) is 5.73 Å². The Balaban J connectivity index is 2.18. The summed E-state index contributed by atoms with van der Waals surface area (Å²) in [5.74, 6) is 1.30. The summed E-state index contributed by atoms with van der Waals surface area (Å²) in [4.78, 5) is 2.52. The number of hydrogen-bond acceptors (Lipinski definition) is 3. The molecule has 0 radical (unpaired) electrons. The van der Waals surface area contributed by atoms with E-state index in [9.17, 15) is 0 Å². The van der Waals surface area contributed by atoms with Crippen molar-refractivity contribution in [3.8, 4) is 0 Å². The van der Waals surface area contributed by atoms with Crippen LogP contribution in [-0.2, 0) is 13.5 Å². The molecule has 2 N–H and O–H groups in total. The predicted octanol–water partition coefficient (Wildman–Crippen LogP) is 2.64. The van der Waals surface area contributed by atoms with Gasteiger partial charge in [0.2, 0.25) is 0 Å². The minimum atomic E-state index is 0.568. The molecule has 2 rings (SSSR count). The van der Waals surface area contributed by atoms with E-state index in [-0.39, 0.29) is 0 Å². The zero-order valence-corrected chi connectivity index (χ0v) is 13.6. The van der Waals surface area contributed by atoms with Gasteiger partial charge in [0.15, 0.2) is 0 Å². The Labute approximate surface area is 123 Å². The van der Waals surface area contributed by atoms with E-state index in [0.717, 1.165) is 25.2 Å². The topological polar surface area (TPSA) is 47.1 Å². The number of rotatable bonds is 5. The molecule has 1 aliphatic rings. The molecule has 2 heterocycles. The van der Waals surface area contributed by atoms with E-state index in [0.29, 0.717) is 12.0 Å². The Morgan fingerprint density at radius 1 is 1.20 bits per heavy atom. The Morgan fingerprint density at radius 3 is 2.30 bits per heavy atom. The number of aromatic nitrogens is 2. The van der Waals surface area contributed by atoms with Crippen LogP contribution in [0.1, 0.15) is 50.8 Å². The van der Waals surface area contributed by atoms with Crippen LogP contribution in [0.4, 0.5) is 5.82 Å². The van der Waals surface area contributed by atoms with Crippen LogP contribution in [0.15, 0.2) is 0 Å². The first-order valence-electron chi connectivity index (χ1n) is 8.04. The molecule has 4 nitrogen and oxygen atoms in total. The molecular weight excluding hydrogens is 248 g/mol. The fraction of sp³-hybridized carbons (Fsp3) is 0.812. The lowest BCUT2D eigenvalue weighted by molar-refractivity contribution is 0.198. The van der Waals surface area contributed by atoms with Crippen molar-refractivity contribution >= 4 is 5.82 Å². The van der Waals surface area contributed by atoms with Crippen LogP contribution in [-0.4, -0.2) is 29.4 Å². The van der Waals surface area contributed by atoms with Crippen molar-refractivity contribution in [2.75, 3.05) is 24.5 Å². The number of aryl methyl sites for hydroxylation is 2. The molecule has 1 fully saturated rings. The monoisotopic (exact) mass is 278 g/mol. The third-order valence-electron chi connectivity index (χ3n) is 5.33. The van der Waals surface area contributed by atoms with Gasteiger partial charge in [-0.15, -0.1) is 0 Å². The Morgan fingerprint density at radius 2 is 1.80 bits per heavy atom. The number of piperidine rings is 1. The summed E-state index contributed by atoms with van der Waals surface area (Å²) in [6, 6.07) is 0. The lowest BCUT2D eigenvalue weighted by Crippen LogP contribution is -2.40. The van der Waals surface area contributed by atoms with Crippen molar-refractivity contribution in [3.05, 3.63) is 11.3 Å². The summed E-state index contributed by atoms with van der Waals surface area (Å²) in [6.07, 6.45) is 6.13. The SMILES string of the molecule is CCC1(CC)CCN(c2c(CCN)c(C)nn2C)CC1. The van der Waals surface area contributed by atoms with Crippen LogP contribution in [0, 0.1) is 12.3 Å². The molecule has 114 valence electrons. The van der Waals surface area contributed by atoms with Crippen molar-refractivity contribution in [1.29, 1.82) is 0 Å². The van der Waals surface area contributed by atoms with Gasteiger partial charge in [0, 0.05) is 25.7 Å². The average molecular weight is 278 g/mol. The van der Waals surface area contributed by atoms with Gasteiger partial charge in [-0.25, -0.2) is 0 Å². The second-order valence-electron chi connectivity index (χ2n) is 6.24. The van der Waals surface area contributed by atoms with E-state index in [2.05, 4.69) is 37.8 Å². The Hall–Kier alpha value is -1.03. The van der Waals surface area contributed by atoms with E-state index in [1.54, 1.807) is 0 Å². The van der Waals surface area contributed by atoms with Crippen molar-refractivity contribution in [2.45, 2.75) is 52.9 Å². The van der Waals surface area contributed by atoms with E-state index in [1.807, 2.05) is 4.68 Å². The van der Waals surface area contributed by atoms with Gasteiger partial charge in [0.25, 0.3) is 0 Å². The second-order valence-corrected chi connectivity index (χ2v) is 6.24. The summed E-state index contributed by atoms with van der Waals surface area (Å²) in [5, 5.41) is 4.60. The first-order valence-corrected chi connectivity index (χ1v) is 8.04. The lowest BCUT2D eigenvalue weighted by Gasteiger charge is -2.42. The minimum absolute atomic E-state index is 0.568. The fourth-order valence-electron chi connectivity index (χ4n) is 3.67. The van der Waals surface area contributed by atoms with Crippen molar-refractivity contribution < 1.29 is 0 Å². The highest BCUT2D eigenvalue weighted by Crippen LogP contribution is 2.39. The van der Waals surface area contributed by atoms with E-state index in [1.165, 1.54) is 37.1 Å². The third kappa shape index (κ3) is 2.71. The van der Waals surface area contributed by atoms with Crippen LogP contribution in [0.2, 0.25) is 0 Å². The maximum Gasteiger partial charge on any atom is 0.130 e. The normalized spacial score (nSPS) is 18.6. The molecule has 0 spiro atoms. The van der Waals surface area contributed by atoms with Gasteiger partial charge in [0.05, 0.1) is 5.69 Å². The highest BCUT2D eigenvalue weighted by atomic mass is 15.4. The van der Waals surface area contributed by atoms with E-state index < -0.39 is 0 Å². The molecule has 0 unspecified atom stereocenters. The summed E-state index contributed by atoms with van der Waals surface area (Å²) in [5.41, 5.74) is 8.81. The molecule has 0 saturated carbocycles. The maximum atomic E-state index is 5.77. The lowest BCUT2D eigenvalue weighted by atomic mass is 9.74. The van der Waals surface area contributed by atoms with Crippen molar-refractivity contribution in [1.82, 2.24) is 9.78 Å². The quantitative estimate of drug-likeness (QED) is 0.900. The van der Waals surface area contributed by atoms with Crippen LogP contribution in [0.25, 0.3) is 0 Å². The molecule has 0 amide bonds. The number of nitrogens with two attached hydrogens (primary N) is 1. The summed E-state index contributed by atoms with van der Waals surface area (Å²) in [6.45, 7) is 9.78. The molecule has 0 aliphatic carbocycles. The predicted molar refractivity (Wildman–Crippen MR) is 85.2 cm³/mol. The zero-order chi connectivity index (χ0) is 14.8. The molecule has 0 bridgehead atoms. The average Bonchev–Trinajstić information content (AvgIpc) is 2.74. The van der Waals surface area contributed by atoms with Gasteiger partial charge in [-0.2, -0.15) is 5.10 Å². The molecule has 1 aliphatic heterocycles. The molecular formula is C16H30N4. The standard InChI is InChI=1S/C16H30N4/c1-5-16(6-2)8-11-20(12-9-16)15-14(7-10-17)13(3)18-19(15)4/h5-12,17H2,1-4H3. The molecule has 20 heavy (non-hydrogen) atoms. The minimum Gasteiger partial charge on any atom is -0.357 e. The van der Waals surface area contributed by atoms with Gasteiger partial charge in [-0.1, -0.05) is 26.7 Å². The fourth-order valence-corrected chi connectivity index (χ4v) is 3.67. The molecule has 1 saturated heterocycles. The zero-order valence-electron chi connectivity index (χ0n) is 13.6. The highest BCUT2D eigenvalue weighted by molar-refractivity contribution is 5.50. The second kappa shape index (κ2) is 6.17.